The van der Waals surface area contributed by atoms with Crippen molar-refractivity contribution in [3.63, 3.8) is 0 Å². The van der Waals surface area contributed by atoms with Crippen LogP contribution in [0.4, 0.5) is 18.9 Å². The predicted octanol–water partition coefficient (Wildman–Crippen LogP) is 5.34. The molecule has 4 rings (SSSR count). The third kappa shape index (κ3) is 3.57. The normalized spacial score (nSPS) is 17.5. The average molecular weight is 372 g/mol. The van der Waals surface area contributed by atoms with Crippen LogP contribution in [0.1, 0.15) is 22.9 Å². The maximum atomic E-state index is 12.7. The minimum Gasteiger partial charge on any atom is -0.352 e. The van der Waals surface area contributed by atoms with Crippen molar-refractivity contribution in [1.29, 1.82) is 0 Å². The highest BCUT2D eigenvalue weighted by Gasteiger charge is 2.30. The summed E-state index contributed by atoms with van der Waals surface area (Å²) in [6.45, 7) is 3.47. The molecule has 140 valence electrons. The van der Waals surface area contributed by atoms with Gasteiger partial charge in [-0.2, -0.15) is 13.2 Å². The fourth-order valence-electron chi connectivity index (χ4n) is 3.29. The van der Waals surface area contributed by atoms with Crippen LogP contribution in [0.5, 0.6) is 0 Å². The number of anilines is 1. The first-order valence-electron chi connectivity index (χ1n) is 8.72. The Morgan fingerprint density at radius 3 is 2.26 bits per heavy atom. The first kappa shape index (κ1) is 17.7. The van der Waals surface area contributed by atoms with Gasteiger partial charge >= 0.3 is 6.18 Å². The highest BCUT2D eigenvalue weighted by molar-refractivity contribution is 5.50. The summed E-state index contributed by atoms with van der Waals surface area (Å²) in [6, 6.07) is 15.4. The van der Waals surface area contributed by atoms with Crippen LogP contribution in [0.2, 0.25) is 0 Å². The zero-order valence-corrected chi connectivity index (χ0v) is 14.8. The van der Waals surface area contributed by atoms with Crippen molar-refractivity contribution in [2.45, 2.75) is 19.3 Å². The van der Waals surface area contributed by atoms with E-state index in [4.69, 9.17) is 4.74 Å². The van der Waals surface area contributed by atoms with E-state index >= 15 is 0 Å². The quantitative estimate of drug-likeness (QED) is 0.617. The van der Waals surface area contributed by atoms with Crippen LogP contribution in [0, 0.1) is 6.92 Å². The molecule has 3 aromatic rings. The molecular weight excluding hydrogens is 353 g/mol. The van der Waals surface area contributed by atoms with Gasteiger partial charge in [-0.05, 0) is 49.4 Å². The number of benzene rings is 2. The topological polar surface area (TPSA) is 17.4 Å². The Morgan fingerprint density at radius 2 is 1.59 bits per heavy atom. The number of hydrogen-bond acceptors (Lipinski definition) is 2. The van der Waals surface area contributed by atoms with Crippen LogP contribution < -0.4 is 4.90 Å². The molecule has 3 nitrogen and oxygen atoms in total. The molecule has 0 bridgehead atoms. The van der Waals surface area contributed by atoms with Crippen LogP contribution in [0.3, 0.4) is 0 Å². The summed E-state index contributed by atoms with van der Waals surface area (Å²) in [5.74, 6) is 0. The van der Waals surface area contributed by atoms with E-state index in [2.05, 4.69) is 29.2 Å². The van der Waals surface area contributed by atoms with Gasteiger partial charge in [-0.1, -0.05) is 17.7 Å². The Hall–Kier alpha value is -2.73. The van der Waals surface area contributed by atoms with Crippen molar-refractivity contribution in [2.24, 2.45) is 0 Å². The molecule has 1 atom stereocenters. The molecule has 2 aromatic carbocycles. The van der Waals surface area contributed by atoms with E-state index in [0.717, 1.165) is 29.9 Å². The van der Waals surface area contributed by atoms with Crippen molar-refractivity contribution in [3.8, 4) is 5.69 Å². The molecule has 0 N–H and O–H groups in total. The lowest BCUT2D eigenvalue weighted by Crippen LogP contribution is -2.22. The minimum atomic E-state index is -4.33. The molecule has 0 radical (unpaired) electrons. The predicted molar refractivity (Wildman–Crippen MR) is 98.0 cm³/mol. The third-order valence-electron chi connectivity index (χ3n) is 4.75. The second-order valence-electron chi connectivity index (χ2n) is 6.65. The van der Waals surface area contributed by atoms with Crippen molar-refractivity contribution in [3.05, 3.63) is 83.7 Å². The SMILES string of the molecule is Cc1ccc(N2CCO[C@H]2c2ccn(-c3ccc(C(F)(F)F)cc3)c2)cc1. The van der Waals surface area contributed by atoms with Gasteiger partial charge in [0.15, 0.2) is 6.23 Å². The fraction of sp³-hybridized carbons (Fsp3) is 0.238. The molecule has 0 unspecified atom stereocenters. The number of halogens is 3. The Morgan fingerprint density at radius 1 is 0.926 bits per heavy atom. The van der Waals surface area contributed by atoms with Crippen LogP contribution >= 0.6 is 0 Å². The molecule has 1 aliphatic heterocycles. The molecule has 1 aliphatic rings. The maximum Gasteiger partial charge on any atom is 0.416 e. The summed E-state index contributed by atoms with van der Waals surface area (Å²) in [5.41, 5.74) is 3.28. The van der Waals surface area contributed by atoms with E-state index in [1.807, 2.05) is 30.0 Å². The maximum absolute atomic E-state index is 12.7. The van der Waals surface area contributed by atoms with Gasteiger partial charge in [0, 0.05) is 35.9 Å². The van der Waals surface area contributed by atoms with Gasteiger partial charge in [0.1, 0.15) is 0 Å². The van der Waals surface area contributed by atoms with Gasteiger partial charge < -0.3 is 14.2 Å². The Balaban J connectivity index is 1.57. The number of ether oxygens (including phenoxy) is 1. The average Bonchev–Trinajstić information content (AvgIpc) is 3.31. The number of nitrogens with zero attached hydrogens (tertiary/aromatic N) is 2. The van der Waals surface area contributed by atoms with Crippen LogP contribution in [-0.4, -0.2) is 17.7 Å². The molecule has 0 aliphatic carbocycles. The Labute approximate surface area is 155 Å². The smallest absolute Gasteiger partial charge is 0.352 e. The van der Waals surface area contributed by atoms with Crippen molar-refractivity contribution < 1.29 is 17.9 Å². The second-order valence-corrected chi connectivity index (χ2v) is 6.65. The highest BCUT2D eigenvalue weighted by atomic mass is 19.4. The zero-order valence-electron chi connectivity index (χ0n) is 14.8. The summed E-state index contributed by atoms with van der Waals surface area (Å²) in [6.07, 6.45) is -0.789. The van der Waals surface area contributed by atoms with E-state index in [-0.39, 0.29) is 6.23 Å². The van der Waals surface area contributed by atoms with Gasteiger partial charge in [0.25, 0.3) is 0 Å². The summed E-state index contributed by atoms with van der Waals surface area (Å²) >= 11 is 0. The number of alkyl halides is 3. The molecule has 2 heterocycles. The third-order valence-corrected chi connectivity index (χ3v) is 4.75. The molecule has 0 saturated carbocycles. The van der Waals surface area contributed by atoms with Gasteiger partial charge in [0.05, 0.1) is 12.2 Å². The number of hydrogen-bond donors (Lipinski definition) is 0. The number of rotatable bonds is 3. The monoisotopic (exact) mass is 372 g/mol. The largest absolute Gasteiger partial charge is 0.416 e. The molecule has 1 fully saturated rings. The summed E-state index contributed by atoms with van der Waals surface area (Å²) in [4.78, 5) is 2.19. The molecule has 0 spiro atoms. The summed E-state index contributed by atoms with van der Waals surface area (Å²) in [5, 5.41) is 0. The van der Waals surface area contributed by atoms with Crippen LogP contribution in [0.25, 0.3) is 5.69 Å². The first-order valence-corrected chi connectivity index (χ1v) is 8.72. The molecule has 27 heavy (non-hydrogen) atoms. The van der Waals surface area contributed by atoms with Crippen LogP contribution in [0.15, 0.2) is 67.0 Å². The standard InChI is InChI=1S/C21H19F3N2O/c1-15-2-6-19(7-3-15)26-12-13-27-20(26)16-10-11-25(14-16)18-8-4-17(5-9-18)21(22,23)24/h2-11,14,20H,12-13H2,1H3/t20-/m0/s1. The fourth-order valence-corrected chi connectivity index (χ4v) is 3.29. The van der Waals surface area contributed by atoms with E-state index in [9.17, 15) is 13.2 Å². The molecule has 1 aromatic heterocycles. The lowest BCUT2D eigenvalue weighted by Gasteiger charge is -2.24. The molecule has 0 amide bonds. The van der Waals surface area contributed by atoms with Gasteiger partial charge in [-0.15, -0.1) is 0 Å². The molecule has 1 saturated heterocycles. The highest BCUT2D eigenvalue weighted by Crippen LogP contribution is 2.33. The summed E-state index contributed by atoms with van der Waals surface area (Å²) < 4.78 is 45.9. The van der Waals surface area contributed by atoms with Gasteiger partial charge in [-0.3, -0.25) is 0 Å². The minimum absolute atomic E-state index is 0.205. The zero-order chi connectivity index (χ0) is 19.0. The Kier molecular flexibility index (Phi) is 4.44. The Bertz CT molecular complexity index is 914. The lowest BCUT2D eigenvalue weighted by atomic mass is 10.2. The number of aromatic nitrogens is 1. The first-order chi connectivity index (χ1) is 12.9. The number of aryl methyl sites for hydroxylation is 1. The van der Waals surface area contributed by atoms with Gasteiger partial charge in [-0.25, -0.2) is 0 Å². The second kappa shape index (κ2) is 6.78. The lowest BCUT2D eigenvalue weighted by molar-refractivity contribution is -0.137. The van der Waals surface area contributed by atoms with E-state index in [0.29, 0.717) is 12.3 Å². The molecular formula is C21H19F3N2O. The van der Waals surface area contributed by atoms with E-state index < -0.39 is 11.7 Å². The van der Waals surface area contributed by atoms with E-state index in [1.165, 1.54) is 17.7 Å². The van der Waals surface area contributed by atoms with Gasteiger partial charge in [0.2, 0.25) is 0 Å². The summed E-state index contributed by atoms with van der Waals surface area (Å²) in [7, 11) is 0. The van der Waals surface area contributed by atoms with E-state index in [1.54, 1.807) is 0 Å². The van der Waals surface area contributed by atoms with Crippen LogP contribution in [-0.2, 0) is 10.9 Å². The van der Waals surface area contributed by atoms with Crippen molar-refractivity contribution >= 4 is 5.69 Å². The van der Waals surface area contributed by atoms with Crippen molar-refractivity contribution in [1.82, 2.24) is 4.57 Å². The molecule has 6 heteroatoms. The van der Waals surface area contributed by atoms with Crippen molar-refractivity contribution in [2.75, 3.05) is 18.1 Å².